The van der Waals surface area contributed by atoms with Crippen molar-refractivity contribution >= 4 is 11.6 Å². The van der Waals surface area contributed by atoms with Gasteiger partial charge in [-0.05, 0) is 36.8 Å². The van der Waals surface area contributed by atoms with Crippen LogP contribution in [-0.4, -0.2) is 30.8 Å². The number of amides is 1. The van der Waals surface area contributed by atoms with Crippen molar-refractivity contribution in [2.45, 2.75) is 13.3 Å². The van der Waals surface area contributed by atoms with Crippen molar-refractivity contribution in [3.63, 3.8) is 0 Å². The number of methoxy groups -OCH3 is 2. The topological polar surface area (TPSA) is 72.8 Å². The smallest absolute Gasteiger partial charge is 0.244 e. The first-order valence-electron chi connectivity index (χ1n) is 7.08. The van der Waals surface area contributed by atoms with E-state index < -0.39 is 0 Å². The number of hydrogen-bond acceptors (Lipinski definition) is 5. The zero-order chi connectivity index (χ0) is 16.7. The second-order valence-corrected chi connectivity index (χ2v) is 4.83. The molecule has 1 heterocycles. The maximum Gasteiger partial charge on any atom is 0.244 e. The van der Waals surface area contributed by atoms with Crippen molar-refractivity contribution in [3.8, 4) is 11.5 Å². The van der Waals surface area contributed by atoms with E-state index in [1.54, 1.807) is 38.7 Å². The largest absolute Gasteiger partial charge is 0.493 e. The number of hydrazone groups is 1. The van der Waals surface area contributed by atoms with Gasteiger partial charge in [-0.2, -0.15) is 5.10 Å². The van der Waals surface area contributed by atoms with Gasteiger partial charge in [0, 0.05) is 18.0 Å². The third-order valence-electron chi connectivity index (χ3n) is 3.26. The van der Waals surface area contributed by atoms with E-state index in [2.05, 4.69) is 15.5 Å². The molecular formula is C17H19N3O3. The lowest BCUT2D eigenvalue weighted by Crippen LogP contribution is -2.21. The van der Waals surface area contributed by atoms with Gasteiger partial charge in [0.1, 0.15) is 0 Å². The van der Waals surface area contributed by atoms with Crippen LogP contribution < -0.4 is 14.9 Å². The summed E-state index contributed by atoms with van der Waals surface area (Å²) < 4.78 is 10.4. The molecule has 1 amide bonds. The molecule has 0 atom stereocenters. The van der Waals surface area contributed by atoms with Crippen molar-refractivity contribution < 1.29 is 14.3 Å². The van der Waals surface area contributed by atoms with Crippen LogP contribution in [0.2, 0.25) is 0 Å². The first-order chi connectivity index (χ1) is 11.1. The van der Waals surface area contributed by atoms with E-state index in [1.807, 2.05) is 25.1 Å². The van der Waals surface area contributed by atoms with Crippen LogP contribution in [0.25, 0.3) is 0 Å². The van der Waals surface area contributed by atoms with Crippen LogP contribution in [0.3, 0.4) is 0 Å². The zero-order valence-corrected chi connectivity index (χ0v) is 13.4. The molecule has 0 saturated carbocycles. The fourth-order valence-electron chi connectivity index (χ4n) is 2.02. The molecule has 120 valence electrons. The zero-order valence-electron chi connectivity index (χ0n) is 13.4. The molecule has 1 aromatic carbocycles. The highest BCUT2D eigenvalue weighted by Gasteiger charge is 2.08. The van der Waals surface area contributed by atoms with Gasteiger partial charge >= 0.3 is 0 Å². The molecule has 2 rings (SSSR count). The van der Waals surface area contributed by atoms with Crippen molar-refractivity contribution in [2.24, 2.45) is 5.10 Å². The number of benzene rings is 1. The van der Waals surface area contributed by atoms with Crippen LogP contribution in [0.15, 0.2) is 47.8 Å². The van der Waals surface area contributed by atoms with Crippen molar-refractivity contribution in [3.05, 3.63) is 53.9 Å². The van der Waals surface area contributed by atoms with Crippen LogP contribution in [0.1, 0.15) is 18.1 Å². The van der Waals surface area contributed by atoms with E-state index in [0.29, 0.717) is 17.2 Å². The number of pyridine rings is 1. The summed E-state index contributed by atoms with van der Waals surface area (Å²) in [5.74, 6) is 1.02. The summed E-state index contributed by atoms with van der Waals surface area (Å²) in [6.07, 6.45) is 3.56. The molecular weight excluding hydrogens is 294 g/mol. The van der Waals surface area contributed by atoms with E-state index in [1.165, 1.54) is 0 Å². The fraction of sp³-hybridized carbons (Fsp3) is 0.235. The maximum atomic E-state index is 12.0. The standard InChI is InChI=1S/C17H19N3O3/c1-12(14-6-8-18-9-7-14)19-20-17(21)11-13-4-5-15(22-2)16(10-13)23-3/h4-10H,11H2,1-3H3,(H,20,21)/b19-12+. The van der Waals surface area contributed by atoms with Gasteiger partial charge < -0.3 is 9.47 Å². The van der Waals surface area contributed by atoms with Crippen molar-refractivity contribution in [1.29, 1.82) is 0 Å². The number of nitrogens with zero attached hydrogens (tertiary/aromatic N) is 2. The molecule has 0 aliphatic heterocycles. The quantitative estimate of drug-likeness (QED) is 0.655. The van der Waals surface area contributed by atoms with Gasteiger partial charge in [-0.1, -0.05) is 6.07 Å². The van der Waals surface area contributed by atoms with Crippen LogP contribution >= 0.6 is 0 Å². The molecule has 1 N–H and O–H groups in total. The Hall–Kier alpha value is -2.89. The highest BCUT2D eigenvalue weighted by Crippen LogP contribution is 2.27. The highest BCUT2D eigenvalue weighted by atomic mass is 16.5. The number of carbonyl (C=O) groups excluding carboxylic acids is 1. The van der Waals surface area contributed by atoms with E-state index in [4.69, 9.17) is 9.47 Å². The number of rotatable bonds is 6. The molecule has 0 bridgehead atoms. The Morgan fingerprint density at radius 1 is 1.13 bits per heavy atom. The Bertz CT molecular complexity index is 699. The lowest BCUT2D eigenvalue weighted by molar-refractivity contribution is -0.120. The minimum atomic E-state index is -0.203. The second kappa shape index (κ2) is 7.93. The monoisotopic (exact) mass is 313 g/mol. The number of hydrogen-bond donors (Lipinski definition) is 1. The Morgan fingerprint density at radius 3 is 2.48 bits per heavy atom. The summed E-state index contributed by atoms with van der Waals surface area (Å²) >= 11 is 0. The summed E-state index contributed by atoms with van der Waals surface area (Å²) in [4.78, 5) is 15.9. The molecule has 0 unspecified atom stereocenters. The van der Waals surface area contributed by atoms with Gasteiger partial charge in [-0.3, -0.25) is 9.78 Å². The number of ether oxygens (including phenoxy) is 2. The Morgan fingerprint density at radius 2 is 1.83 bits per heavy atom. The molecule has 6 heteroatoms. The molecule has 0 radical (unpaired) electrons. The number of nitrogens with one attached hydrogen (secondary N) is 1. The van der Waals surface area contributed by atoms with Gasteiger partial charge in [-0.25, -0.2) is 5.43 Å². The Balaban J connectivity index is 2.00. The first kappa shape index (κ1) is 16.5. The van der Waals surface area contributed by atoms with Crippen LogP contribution in [0.5, 0.6) is 11.5 Å². The molecule has 0 fully saturated rings. The summed E-state index contributed by atoms with van der Waals surface area (Å²) in [5, 5.41) is 4.10. The van der Waals surface area contributed by atoms with Crippen LogP contribution in [-0.2, 0) is 11.2 Å². The Kier molecular flexibility index (Phi) is 5.68. The number of aromatic nitrogens is 1. The van der Waals surface area contributed by atoms with Gasteiger partial charge in [0.25, 0.3) is 0 Å². The lowest BCUT2D eigenvalue weighted by atomic mass is 10.1. The predicted octanol–water partition coefficient (Wildman–Crippen LogP) is 2.18. The SMILES string of the molecule is COc1ccc(CC(=O)N/N=C(\C)c2ccncc2)cc1OC. The van der Waals surface area contributed by atoms with E-state index in [-0.39, 0.29) is 12.3 Å². The molecule has 6 nitrogen and oxygen atoms in total. The number of carbonyl (C=O) groups is 1. The van der Waals surface area contributed by atoms with Gasteiger partial charge in [-0.15, -0.1) is 0 Å². The normalized spacial score (nSPS) is 11.0. The van der Waals surface area contributed by atoms with Crippen molar-refractivity contribution in [1.82, 2.24) is 10.4 Å². The van der Waals surface area contributed by atoms with Gasteiger partial charge in [0.2, 0.25) is 5.91 Å². The second-order valence-electron chi connectivity index (χ2n) is 4.83. The summed E-state index contributed by atoms with van der Waals surface area (Å²) in [7, 11) is 3.13. The third kappa shape index (κ3) is 4.54. The van der Waals surface area contributed by atoms with E-state index >= 15 is 0 Å². The van der Waals surface area contributed by atoms with Crippen LogP contribution in [0.4, 0.5) is 0 Å². The molecule has 0 aliphatic carbocycles. The maximum absolute atomic E-state index is 12.0. The van der Waals surface area contributed by atoms with Gasteiger partial charge in [0.15, 0.2) is 11.5 Å². The summed E-state index contributed by atoms with van der Waals surface area (Å²) in [5.41, 5.74) is 4.99. The molecule has 0 saturated heterocycles. The lowest BCUT2D eigenvalue weighted by Gasteiger charge is -2.09. The minimum Gasteiger partial charge on any atom is -0.493 e. The van der Waals surface area contributed by atoms with E-state index in [9.17, 15) is 4.79 Å². The molecule has 0 spiro atoms. The Labute approximate surface area is 135 Å². The van der Waals surface area contributed by atoms with Crippen LogP contribution in [0, 0.1) is 0 Å². The average molecular weight is 313 g/mol. The van der Waals surface area contributed by atoms with Gasteiger partial charge in [0.05, 0.1) is 26.4 Å². The fourth-order valence-corrected chi connectivity index (χ4v) is 2.02. The minimum absolute atomic E-state index is 0.202. The van der Waals surface area contributed by atoms with Crippen molar-refractivity contribution in [2.75, 3.05) is 14.2 Å². The summed E-state index contributed by atoms with van der Waals surface area (Å²) in [6.45, 7) is 1.83. The molecule has 23 heavy (non-hydrogen) atoms. The molecule has 1 aromatic heterocycles. The summed E-state index contributed by atoms with van der Waals surface area (Å²) in [6, 6.07) is 9.03. The average Bonchev–Trinajstić information content (AvgIpc) is 2.60. The first-order valence-corrected chi connectivity index (χ1v) is 7.08. The molecule has 0 aliphatic rings. The predicted molar refractivity (Wildman–Crippen MR) is 87.8 cm³/mol. The van der Waals surface area contributed by atoms with E-state index in [0.717, 1.165) is 11.1 Å². The third-order valence-corrected chi connectivity index (χ3v) is 3.26. The highest BCUT2D eigenvalue weighted by molar-refractivity contribution is 5.99. The molecule has 2 aromatic rings.